The Morgan fingerprint density at radius 1 is 0.833 bits per heavy atom. The summed E-state index contributed by atoms with van der Waals surface area (Å²) in [5, 5.41) is 0. The maximum absolute atomic E-state index is 13.2. The van der Waals surface area contributed by atoms with Crippen LogP contribution in [0.15, 0.2) is 84.9 Å². The van der Waals surface area contributed by atoms with E-state index in [-0.39, 0.29) is 24.3 Å². The number of hydrogen-bond donors (Lipinski definition) is 0. The minimum absolute atomic E-state index is 0.0755. The minimum Gasteiger partial charge on any atom is -0.339 e. The van der Waals surface area contributed by atoms with Crippen molar-refractivity contribution >= 4 is 27.4 Å². The summed E-state index contributed by atoms with van der Waals surface area (Å²) in [7, 11) is -3.73. The number of Topliss-reactive ketones (excluding diaryl/α,β-unsaturated/α-hetero) is 1. The first-order valence-corrected chi connectivity index (χ1v) is 13.8. The van der Waals surface area contributed by atoms with Gasteiger partial charge in [0.2, 0.25) is 15.9 Å². The number of benzene rings is 3. The molecule has 0 aromatic heterocycles. The van der Waals surface area contributed by atoms with E-state index in [2.05, 4.69) is 29.2 Å². The Hall–Kier alpha value is -3.49. The smallest absolute Gasteiger partial charge is 0.243 e. The molecule has 8 heteroatoms. The molecule has 1 heterocycles. The van der Waals surface area contributed by atoms with Gasteiger partial charge in [-0.3, -0.25) is 18.8 Å². The Kier molecular flexibility index (Phi) is 7.86. The highest BCUT2D eigenvalue weighted by molar-refractivity contribution is 7.92. The van der Waals surface area contributed by atoms with E-state index in [1.54, 1.807) is 23.1 Å². The van der Waals surface area contributed by atoms with E-state index in [1.807, 2.05) is 36.4 Å². The van der Waals surface area contributed by atoms with Gasteiger partial charge in [0, 0.05) is 31.7 Å². The summed E-state index contributed by atoms with van der Waals surface area (Å²) < 4.78 is 26.2. The van der Waals surface area contributed by atoms with E-state index < -0.39 is 10.0 Å². The highest BCUT2D eigenvalue weighted by Gasteiger charge is 2.30. The molecule has 1 amide bonds. The first kappa shape index (κ1) is 25.6. The number of piperazine rings is 1. The molecule has 0 unspecified atom stereocenters. The summed E-state index contributed by atoms with van der Waals surface area (Å²) in [6.45, 7) is 3.45. The highest BCUT2D eigenvalue weighted by atomic mass is 32.2. The number of amides is 1. The van der Waals surface area contributed by atoms with E-state index in [0.29, 0.717) is 37.4 Å². The molecule has 0 saturated carbocycles. The molecule has 36 heavy (non-hydrogen) atoms. The van der Waals surface area contributed by atoms with Crippen LogP contribution in [-0.4, -0.2) is 68.9 Å². The van der Waals surface area contributed by atoms with Crippen molar-refractivity contribution in [2.45, 2.75) is 13.0 Å². The SMILES string of the molecule is CC(=O)c1cccc(N(CC(=O)N2CCN(C(c3ccccc3)c3ccccc3)CC2)S(C)(=O)=O)c1. The van der Waals surface area contributed by atoms with E-state index in [0.717, 1.165) is 10.6 Å². The van der Waals surface area contributed by atoms with Crippen LogP contribution in [0.5, 0.6) is 0 Å². The molecular formula is C28H31N3O4S. The molecule has 0 bridgehead atoms. The largest absolute Gasteiger partial charge is 0.339 e. The van der Waals surface area contributed by atoms with Crippen molar-refractivity contribution in [2.75, 3.05) is 43.3 Å². The molecule has 4 rings (SSSR count). The van der Waals surface area contributed by atoms with Crippen LogP contribution in [0.25, 0.3) is 0 Å². The fourth-order valence-corrected chi connectivity index (χ4v) is 5.46. The van der Waals surface area contributed by atoms with Crippen molar-refractivity contribution in [2.24, 2.45) is 0 Å². The number of anilines is 1. The second-order valence-corrected chi connectivity index (χ2v) is 10.9. The molecule has 188 valence electrons. The molecule has 0 aliphatic carbocycles. The summed E-state index contributed by atoms with van der Waals surface area (Å²) in [6.07, 6.45) is 1.07. The zero-order valence-electron chi connectivity index (χ0n) is 20.6. The van der Waals surface area contributed by atoms with E-state index in [9.17, 15) is 18.0 Å². The van der Waals surface area contributed by atoms with Crippen molar-refractivity contribution in [1.29, 1.82) is 0 Å². The molecule has 3 aromatic rings. The second kappa shape index (κ2) is 11.1. The monoisotopic (exact) mass is 505 g/mol. The van der Waals surface area contributed by atoms with E-state index in [1.165, 1.54) is 24.1 Å². The molecule has 1 aliphatic heterocycles. The van der Waals surface area contributed by atoms with Crippen molar-refractivity contribution in [1.82, 2.24) is 9.80 Å². The predicted octanol–water partition coefficient (Wildman–Crippen LogP) is 3.59. The van der Waals surface area contributed by atoms with Gasteiger partial charge >= 0.3 is 0 Å². The van der Waals surface area contributed by atoms with E-state index in [4.69, 9.17) is 0 Å². The summed E-state index contributed by atoms with van der Waals surface area (Å²) >= 11 is 0. The normalized spacial score (nSPS) is 14.6. The van der Waals surface area contributed by atoms with Gasteiger partial charge in [0.05, 0.1) is 18.0 Å². The quantitative estimate of drug-likeness (QED) is 0.437. The van der Waals surface area contributed by atoms with E-state index >= 15 is 0 Å². The second-order valence-electron chi connectivity index (χ2n) is 9.02. The molecule has 1 saturated heterocycles. The van der Waals surface area contributed by atoms with Gasteiger partial charge in [-0.25, -0.2) is 8.42 Å². The van der Waals surface area contributed by atoms with Crippen LogP contribution in [0, 0.1) is 0 Å². The number of hydrogen-bond acceptors (Lipinski definition) is 5. The van der Waals surface area contributed by atoms with Crippen molar-refractivity contribution in [3.63, 3.8) is 0 Å². The molecule has 0 spiro atoms. The Bertz CT molecular complexity index is 1270. The average molecular weight is 506 g/mol. The third-order valence-corrected chi connectivity index (χ3v) is 7.62. The average Bonchev–Trinajstić information content (AvgIpc) is 2.88. The fourth-order valence-electron chi connectivity index (χ4n) is 4.62. The molecule has 0 atom stereocenters. The summed E-state index contributed by atoms with van der Waals surface area (Å²) in [4.78, 5) is 29.1. The van der Waals surface area contributed by atoms with Crippen LogP contribution < -0.4 is 4.31 Å². The van der Waals surface area contributed by atoms with Crippen molar-refractivity contribution in [3.8, 4) is 0 Å². The lowest BCUT2D eigenvalue weighted by atomic mass is 9.96. The molecular weight excluding hydrogens is 474 g/mol. The third-order valence-electron chi connectivity index (χ3n) is 6.48. The van der Waals surface area contributed by atoms with Gasteiger partial charge in [-0.05, 0) is 30.2 Å². The first-order valence-electron chi connectivity index (χ1n) is 11.9. The molecule has 3 aromatic carbocycles. The van der Waals surface area contributed by atoms with Gasteiger partial charge in [-0.2, -0.15) is 0 Å². The zero-order chi connectivity index (χ0) is 25.7. The standard InChI is InChI=1S/C28H31N3O4S/c1-22(32)25-14-9-15-26(20-25)31(36(2,34)35)21-27(33)29-16-18-30(19-17-29)28(23-10-5-3-6-11-23)24-12-7-4-8-13-24/h3-15,20,28H,16-19,21H2,1-2H3. The lowest BCUT2D eigenvalue weighted by molar-refractivity contribution is -0.131. The van der Waals surface area contributed by atoms with Crippen LogP contribution in [-0.2, 0) is 14.8 Å². The minimum atomic E-state index is -3.73. The van der Waals surface area contributed by atoms with Gasteiger partial charge in [-0.15, -0.1) is 0 Å². The van der Waals surface area contributed by atoms with Crippen molar-refractivity contribution in [3.05, 3.63) is 102 Å². The predicted molar refractivity (Wildman–Crippen MR) is 142 cm³/mol. The molecule has 7 nitrogen and oxygen atoms in total. The lowest BCUT2D eigenvalue weighted by Crippen LogP contribution is -2.52. The summed E-state index contributed by atoms with van der Waals surface area (Å²) in [6, 6.07) is 27.1. The number of carbonyl (C=O) groups is 2. The molecule has 0 radical (unpaired) electrons. The number of carbonyl (C=O) groups excluding carboxylic acids is 2. The Morgan fingerprint density at radius 2 is 1.39 bits per heavy atom. The maximum Gasteiger partial charge on any atom is 0.243 e. The molecule has 1 fully saturated rings. The van der Waals surface area contributed by atoms with Gasteiger partial charge in [0.15, 0.2) is 5.78 Å². The van der Waals surface area contributed by atoms with Crippen LogP contribution in [0.2, 0.25) is 0 Å². The number of ketones is 1. The Labute approximate surface area is 213 Å². The van der Waals surface area contributed by atoms with Gasteiger partial charge in [0.25, 0.3) is 0 Å². The zero-order valence-corrected chi connectivity index (χ0v) is 21.4. The highest BCUT2D eigenvalue weighted by Crippen LogP contribution is 2.29. The van der Waals surface area contributed by atoms with Crippen LogP contribution in [0.3, 0.4) is 0 Å². The van der Waals surface area contributed by atoms with Crippen LogP contribution in [0.4, 0.5) is 5.69 Å². The van der Waals surface area contributed by atoms with Crippen molar-refractivity contribution < 1.29 is 18.0 Å². The molecule has 0 N–H and O–H groups in total. The van der Waals surface area contributed by atoms with Gasteiger partial charge < -0.3 is 4.90 Å². The first-order chi connectivity index (χ1) is 17.2. The topological polar surface area (TPSA) is 78.0 Å². The van der Waals surface area contributed by atoms with Gasteiger partial charge in [-0.1, -0.05) is 72.8 Å². The Morgan fingerprint density at radius 3 is 1.89 bits per heavy atom. The van der Waals surface area contributed by atoms with Crippen LogP contribution >= 0.6 is 0 Å². The number of nitrogens with zero attached hydrogens (tertiary/aromatic N) is 3. The number of sulfonamides is 1. The molecule has 1 aliphatic rings. The van der Waals surface area contributed by atoms with Crippen LogP contribution in [0.1, 0.15) is 34.5 Å². The fraction of sp³-hybridized carbons (Fsp3) is 0.286. The van der Waals surface area contributed by atoms with Gasteiger partial charge in [0.1, 0.15) is 6.54 Å². The summed E-state index contributed by atoms with van der Waals surface area (Å²) in [5.74, 6) is -0.427. The third kappa shape index (κ3) is 6.01. The maximum atomic E-state index is 13.2. The Balaban J connectivity index is 1.48. The number of rotatable bonds is 8. The lowest BCUT2D eigenvalue weighted by Gasteiger charge is -2.40. The summed E-state index contributed by atoms with van der Waals surface area (Å²) in [5.41, 5.74) is 3.09.